The van der Waals surface area contributed by atoms with Crippen LogP contribution < -0.4 is 5.73 Å². The number of carbonyl (C=O) groups is 1. The van der Waals surface area contributed by atoms with Crippen molar-refractivity contribution in [3.63, 3.8) is 0 Å². The number of nitrogens with zero attached hydrogens (tertiary/aromatic N) is 1. The SMILES string of the molecule is CC1CCN(C(=O)C(CN)c2ccccc2)C(C)C1. The monoisotopic (exact) mass is 260 g/mol. The minimum absolute atomic E-state index is 0.188. The van der Waals surface area contributed by atoms with Gasteiger partial charge in [-0.05, 0) is 31.2 Å². The lowest BCUT2D eigenvalue weighted by atomic mass is 9.90. The first-order valence-electron chi connectivity index (χ1n) is 7.19. The second kappa shape index (κ2) is 6.20. The van der Waals surface area contributed by atoms with Gasteiger partial charge < -0.3 is 10.6 Å². The summed E-state index contributed by atoms with van der Waals surface area (Å²) >= 11 is 0. The third kappa shape index (κ3) is 3.16. The van der Waals surface area contributed by atoms with Gasteiger partial charge >= 0.3 is 0 Å². The van der Waals surface area contributed by atoms with Crippen LogP contribution in [0.15, 0.2) is 30.3 Å². The van der Waals surface area contributed by atoms with Gasteiger partial charge in [0.25, 0.3) is 0 Å². The predicted molar refractivity (Wildman–Crippen MR) is 77.8 cm³/mol. The summed E-state index contributed by atoms with van der Waals surface area (Å²) in [6.45, 7) is 5.65. The zero-order chi connectivity index (χ0) is 13.8. The first-order chi connectivity index (χ1) is 9.13. The number of hydrogen-bond donors (Lipinski definition) is 1. The molecular weight excluding hydrogens is 236 g/mol. The van der Waals surface area contributed by atoms with Gasteiger partial charge in [0.2, 0.25) is 5.91 Å². The van der Waals surface area contributed by atoms with Crippen molar-refractivity contribution in [3.05, 3.63) is 35.9 Å². The van der Waals surface area contributed by atoms with Gasteiger partial charge in [0.1, 0.15) is 0 Å². The second-order valence-corrected chi connectivity index (χ2v) is 5.71. The quantitative estimate of drug-likeness (QED) is 0.907. The molecular formula is C16H24N2O. The van der Waals surface area contributed by atoms with Crippen LogP contribution in [-0.2, 0) is 4.79 Å². The van der Waals surface area contributed by atoms with Gasteiger partial charge in [0.05, 0.1) is 5.92 Å². The molecule has 3 heteroatoms. The molecule has 1 aromatic carbocycles. The van der Waals surface area contributed by atoms with E-state index in [1.807, 2.05) is 35.2 Å². The summed E-state index contributed by atoms with van der Waals surface area (Å²) in [6, 6.07) is 10.2. The van der Waals surface area contributed by atoms with Crippen molar-refractivity contribution in [2.45, 2.75) is 38.6 Å². The number of hydrogen-bond acceptors (Lipinski definition) is 2. The highest BCUT2D eigenvalue weighted by Gasteiger charge is 2.31. The standard InChI is InChI=1S/C16H24N2O/c1-12-8-9-18(13(2)10-12)16(19)15(11-17)14-6-4-3-5-7-14/h3-7,12-13,15H,8-11,17H2,1-2H3. The Morgan fingerprint density at radius 2 is 2.05 bits per heavy atom. The van der Waals surface area contributed by atoms with Gasteiger partial charge in [-0.15, -0.1) is 0 Å². The van der Waals surface area contributed by atoms with Crippen LogP contribution >= 0.6 is 0 Å². The fourth-order valence-electron chi connectivity index (χ4n) is 3.00. The first kappa shape index (κ1) is 14.1. The molecule has 1 aliphatic heterocycles. The van der Waals surface area contributed by atoms with E-state index in [9.17, 15) is 4.79 Å². The Labute approximate surface area is 115 Å². The van der Waals surface area contributed by atoms with Crippen LogP contribution in [0.5, 0.6) is 0 Å². The molecule has 1 amide bonds. The molecule has 104 valence electrons. The van der Waals surface area contributed by atoms with Crippen molar-refractivity contribution in [1.82, 2.24) is 4.90 Å². The van der Waals surface area contributed by atoms with E-state index in [0.29, 0.717) is 18.5 Å². The van der Waals surface area contributed by atoms with Gasteiger partial charge in [-0.3, -0.25) is 4.79 Å². The summed E-state index contributed by atoms with van der Waals surface area (Å²) in [5.41, 5.74) is 6.87. The predicted octanol–water partition coefficient (Wildman–Crippen LogP) is 2.38. The molecule has 1 heterocycles. The lowest BCUT2D eigenvalue weighted by molar-refractivity contribution is -0.136. The Hall–Kier alpha value is -1.35. The highest BCUT2D eigenvalue weighted by Crippen LogP contribution is 2.26. The maximum absolute atomic E-state index is 12.7. The molecule has 19 heavy (non-hydrogen) atoms. The summed E-state index contributed by atoms with van der Waals surface area (Å²) in [6.07, 6.45) is 2.19. The van der Waals surface area contributed by atoms with E-state index in [0.717, 1.165) is 24.9 Å². The van der Waals surface area contributed by atoms with Gasteiger partial charge in [-0.1, -0.05) is 37.3 Å². The highest BCUT2D eigenvalue weighted by atomic mass is 16.2. The number of piperidine rings is 1. The van der Waals surface area contributed by atoms with E-state index in [4.69, 9.17) is 5.73 Å². The van der Waals surface area contributed by atoms with Crippen molar-refractivity contribution in [2.75, 3.05) is 13.1 Å². The smallest absolute Gasteiger partial charge is 0.231 e. The van der Waals surface area contributed by atoms with Gasteiger partial charge in [-0.25, -0.2) is 0 Å². The lowest BCUT2D eigenvalue weighted by Gasteiger charge is -2.38. The average molecular weight is 260 g/mol. The van der Waals surface area contributed by atoms with E-state index in [2.05, 4.69) is 13.8 Å². The molecule has 3 atom stereocenters. The van der Waals surface area contributed by atoms with Crippen LogP contribution in [0.3, 0.4) is 0 Å². The van der Waals surface area contributed by atoms with Crippen LogP contribution in [0.4, 0.5) is 0 Å². The van der Waals surface area contributed by atoms with Crippen molar-refractivity contribution in [3.8, 4) is 0 Å². The Morgan fingerprint density at radius 1 is 1.37 bits per heavy atom. The van der Waals surface area contributed by atoms with Crippen LogP contribution in [0.2, 0.25) is 0 Å². The summed E-state index contributed by atoms with van der Waals surface area (Å²) in [4.78, 5) is 14.7. The third-order valence-electron chi connectivity index (χ3n) is 4.16. The van der Waals surface area contributed by atoms with Crippen LogP contribution in [0, 0.1) is 5.92 Å². The van der Waals surface area contributed by atoms with Gasteiger partial charge in [-0.2, -0.15) is 0 Å². The first-order valence-corrected chi connectivity index (χ1v) is 7.19. The maximum atomic E-state index is 12.7. The lowest BCUT2D eigenvalue weighted by Crippen LogP contribution is -2.47. The van der Waals surface area contributed by atoms with E-state index >= 15 is 0 Å². The number of amides is 1. The van der Waals surface area contributed by atoms with Gasteiger partial charge in [0.15, 0.2) is 0 Å². The molecule has 0 aliphatic carbocycles. The third-order valence-corrected chi connectivity index (χ3v) is 4.16. The van der Waals surface area contributed by atoms with Crippen LogP contribution in [0.25, 0.3) is 0 Å². The Balaban J connectivity index is 2.13. The summed E-state index contributed by atoms with van der Waals surface area (Å²) in [5.74, 6) is 0.706. The fraction of sp³-hybridized carbons (Fsp3) is 0.562. The molecule has 0 radical (unpaired) electrons. The van der Waals surface area contributed by atoms with Crippen molar-refractivity contribution in [2.24, 2.45) is 11.7 Å². The molecule has 3 unspecified atom stereocenters. The molecule has 1 fully saturated rings. The van der Waals surface area contributed by atoms with Crippen molar-refractivity contribution < 1.29 is 4.79 Å². The number of likely N-dealkylation sites (tertiary alicyclic amines) is 1. The fourth-order valence-corrected chi connectivity index (χ4v) is 3.00. The summed E-state index contributed by atoms with van der Waals surface area (Å²) in [5, 5.41) is 0. The zero-order valence-electron chi connectivity index (χ0n) is 11.9. The van der Waals surface area contributed by atoms with Crippen LogP contribution in [0.1, 0.15) is 38.2 Å². The Kier molecular flexibility index (Phi) is 4.59. The molecule has 0 saturated carbocycles. The Bertz CT molecular complexity index is 418. The van der Waals surface area contributed by atoms with Crippen LogP contribution in [-0.4, -0.2) is 29.9 Å². The number of carbonyl (C=O) groups excluding carboxylic acids is 1. The largest absolute Gasteiger partial charge is 0.339 e. The molecule has 2 N–H and O–H groups in total. The summed E-state index contributed by atoms with van der Waals surface area (Å²) in [7, 11) is 0. The van der Waals surface area contributed by atoms with Crippen molar-refractivity contribution >= 4 is 5.91 Å². The molecule has 1 aromatic rings. The molecule has 1 aliphatic rings. The summed E-state index contributed by atoms with van der Waals surface area (Å²) < 4.78 is 0. The number of nitrogens with two attached hydrogens (primary N) is 1. The number of rotatable bonds is 3. The van der Waals surface area contributed by atoms with E-state index in [1.54, 1.807) is 0 Å². The minimum Gasteiger partial charge on any atom is -0.339 e. The topological polar surface area (TPSA) is 46.3 Å². The normalized spacial score (nSPS) is 25.1. The maximum Gasteiger partial charge on any atom is 0.231 e. The van der Waals surface area contributed by atoms with E-state index in [-0.39, 0.29) is 11.8 Å². The molecule has 0 aromatic heterocycles. The molecule has 1 saturated heterocycles. The second-order valence-electron chi connectivity index (χ2n) is 5.71. The van der Waals surface area contributed by atoms with E-state index in [1.165, 1.54) is 0 Å². The molecule has 3 nitrogen and oxygen atoms in total. The number of benzene rings is 1. The molecule has 0 bridgehead atoms. The molecule has 0 spiro atoms. The highest BCUT2D eigenvalue weighted by molar-refractivity contribution is 5.84. The molecule has 2 rings (SSSR count). The Morgan fingerprint density at radius 3 is 2.63 bits per heavy atom. The average Bonchev–Trinajstić information content (AvgIpc) is 2.40. The zero-order valence-corrected chi connectivity index (χ0v) is 11.9. The van der Waals surface area contributed by atoms with E-state index < -0.39 is 0 Å². The van der Waals surface area contributed by atoms with Crippen molar-refractivity contribution in [1.29, 1.82) is 0 Å². The van der Waals surface area contributed by atoms with Gasteiger partial charge in [0, 0.05) is 19.1 Å². The minimum atomic E-state index is -0.197.